The summed E-state index contributed by atoms with van der Waals surface area (Å²) in [7, 11) is 0. The molecule has 0 N–H and O–H groups in total. The number of ether oxygens (including phenoxy) is 2. The summed E-state index contributed by atoms with van der Waals surface area (Å²) in [5.74, 6) is 1.00. The number of aryl methyl sites for hydroxylation is 3. The maximum atomic E-state index is 11.9. The van der Waals surface area contributed by atoms with E-state index < -0.39 is 6.23 Å². The quantitative estimate of drug-likeness (QED) is 0.844. The third kappa shape index (κ3) is 3.28. The van der Waals surface area contributed by atoms with Crippen molar-refractivity contribution in [2.45, 2.75) is 33.9 Å². The molecule has 1 atom stereocenters. The molecule has 24 heavy (non-hydrogen) atoms. The van der Waals surface area contributed by atoms with Crippen molar-refractivity contribution in [3.05, 3.63) is 51.2 Å². The lowest BCUT2D eigenvalue weighted by Crippen LogP contribution is -2.25. The fourth-order valence-electron chi connectivity index (χ4n) is 2.42. The number of nitrogens with zero attached hydrogens (tertiary/aromatic N) is 2. The van der Waals surface area contributed by atoms with E-state index in [4.69, 9.17) is 9.47 Å². The van der Waals surface area contributed by atoms with Gasteiger partial charge in [0.2, 0.25) is 18.0 Å². The monoisotopic (exact) mass is 344 g/mol. The lowest BCUT2D eigenvalue weighted by Gasteiger charge is -2.18. The Hall–Kier alpha value is -2.34. The van der Waals surface area contributed by atoms with Gasteiger partial charge in [-0.05, 0) is 61.0 Å². The van der Waals surface area contributed by atoms with Gasteiger partial charge in [-0.1, -0.05) is 6.07 Å². The highest BCUT2D eigenvalue weighted by Crippen LogP contribution is 2.34. The first kappa shape index (κ1) is 16.5. The zero-order chi connectivity index (χ0) is 17.3. The predicted molar refractivity (Wildman–Crippen MR) is 94.2 cm³/mol. The van der Waals surface area contributed by atoms with E-state index in [9.17, 15) is 4.79 Å². The van der Waals surface area contributed by atoms with Gasteiger partial charge in [-0.2, -0.15) is 5.01 Å². The van der Waals surface area contributed by atoms with Crippen LogP contribution in [0.4, 0.5) is 0 Å². The minimum absolute atomic E-state index is 0.158. The summed E-state index contributed by atoms with van der Waals surface area (Å²) in [5, 5.41) is 7.64. The smallest absolute Gasteiger partial charge is 0.247 e. The van der Waals surface area contributed by atoms with Gasteiger partial charge in [-0.25, -0.2) is 0 Å². The van der Waals surface area contributed by atoms with E-state index in [2.05, 4.69) is 12.0 Å². The van der Waals surface area contributed by atoms with Crippen molar-refractivity contribution in [1.82, 2.24) is 5.01 Å². The Morgan fingerprint density at radius 1 is 1.25 bits per heavy atom. The van der Waals surface area contributed by atoms with Gasteiger partial charge in [-0.3, -0.25) is 4.79 Å². The Bertz CT molecular complexity index is 797. The number of hydrogen-bond acceptors (Lipinski definition) is 5. The van der Waals surface area contributed by atoms with E-state index in [-0.39, 0.29) is 12.5 Å². The second-order valence-corrected chi connectivity index (χ2v) is 6.78. The number of hydrazone groups is 1. The van der Waals surface area contributed by atoms with E-state index in [1.807, 2.05) is 43.5 Å². The normalized spacial score (nSPS) is 16.8. The van der Waals surface area contributed by atoms with Gasteiger partial charge >= 0.3 is 0 Å². The van der Waals surface area contributed by atoms with Crippen LogP contribution in [0, 0.1) is 20.8 Å². The van der Waals surface area contributed by atoms with Crippen LogP contribution in [0.15, 0.2) is 34.7 Å². The summed E-state index contributed by atoms with van der Waals surface area (Å²) in [5.41, 5.74) is 3.47. The average Bonchev–Trinajstić information content (AvgIpc) is 3.14. The molecule has 5 nitrogen and oxygen atoms in total. The second-order valence-electron chi connectivity index (χ2n) is 5.83. The van der Waals surface area contributed by atoms with E-state index >= 15 is 0 Å². The minimum atomic E-state index is -0.499. The van der Waals surface area contributed by atoms with Crippen LogP contribution in [0.5, 0.6) is 5.75 Å². The van der Waals surface area contributed by atoms with Crippen LogP contribution >= 0.6 is 11.3 Å². The van der Waals surface area contributed by atoms with Gasteiger partial charge in [0.05, 0.1) is 4.88 Å². The van der Waals surface area contributed by atoms with Gasteiger partial charge in [0, 0.05) is 6.92 Å². The molecule has 2 aromatic rings. The summed E-state index contributed by atoms with van der Waals surface area (Å²) in [6, 6.07) is 7.92. The van der Waals surface area contributed by atoms with E-state index in [0.717, 1.165) is 16.2 Å². The zero-order valence-electron chi connectivity index (χ0n) is 14.2. The Kier molecular flexibility index (Phi) is 4.57. The number of carbonyl (C=O) groups is 1. The van der Waals surface area contributed by atoms with Crippen LogP contribution in [0.25, 0.3) is 0 Å². The molecular formula is C18H20N2O3S. The fraction of sp³-hybridized carbons (Fsp3) is 0.333. The van der Waals surface area contributed by atoms with Gasteiger partial charge in [0.25, 0.3) is 0 Å². The molecular weight excluding hydrogens is 324 g/mol. The molecule has 0 fully saturated rings. The van der Waals surface area contributed by atoms with Gasteiger partial charge in [0.1, 0.15) is 5.75 Å². The van der Waals surface area contributed by atoms with Gasteiger partial charge in [-0.15, -0.1) is 16.4 Å². The highest BCUT2D eigenvalue weighted by atomic mass is 32.1. The van der Waals surface area contributed by atoms with E-state index in [0.29, 0.717) is 5.90 Å². The summed E-state index contributed by atoms with van der Waals surface area (Å²) in [4.78, 5) is 12.8. The molecule has 126 valence electrons. The number of thiophene rings is 1. The number of amides is 1. The maximum absolute atomic E-state index is 11.9. The Morgan fingerprint density at radius 2 is 2.04 bits per heavy atom. The van der Waals surface area contributed by atoms with Crippen molar-refractivity contribution in [1.29, 1.82) is 0 Å². The average molecular weight is 344 g/mol. The lowest BCUT2D eigenvalue weighted by atomic mass is 10.1. The predicted octanol–water partition coefficient (Wildman–Crippen LogP) is 3.94. The molecule has 0 aliphatic carbocycles. The standard InChI is InChI=1S/C18H20N2O3S/c1-11-5-6-15(9-13(11)3)22-10-16-19-20(14(4)21)18(23-16)17-12(2)7-8-24-17/h5-9,18H,10H2,1-4H3/t18-/m1/s1. The van der Waals surface area contributed by atoms with Crippen LogP contribution in [-0.4, -0.2) is 23.4 Å². The molecule has 0 spiro atoms. The second kappa shape index (κ2) is 6.65. The maximum Gasteiger partial charge on any atom is 0.247 e. The molecule has 1 aromatic carbocycles. The van der Waals surface area contributed by atoms with Crippen LogP contribution in [-0.2, 0) is 9.53 Å². The highest BCUT2D eigenvalue weighted by molar-refractivity contribution is 7.10. The topological polar surface area (TPSA) is 51.1 Å². The Balaban J connectivity index is 1.72. The Labute approximate surface area is 145 Å². The number of benzene rings is 1. The van der Waals surface area contributed by atoms with E-state index in [1.165, 1.54) is 23.1 Å². The Morgan fingerprint density at radius 3 is 2.67 bits per heavy atom. The molecule has 0 saturated heterocycles. The first-order valence-corrected chi connectivity index (χ1v) is 8.61. The molecule has 2 heterocycles. The molecule has 0 unspecified atom stereocenters. The molecule has 0 bridgehead atoms. The third-order valence-corrected chi connectivity index (χ3v) is 5.03. The largest absolute Gasteiger partial charge is 0.484 e. The molecule has 1 aliphatic heterocycles. The number of carbonyl (C=O) groups excluding carboxylic acids is 1. The third-order valence-electron chi connectivity index (χ3n) is 3.98. The van der Waals surface area contributed by atoms with Crippen molar-refractivity contribution in [3.63, 3.8) is 0 Å². The van der Waals surface area contributed by atoms with Crippen LogP contribution in [0.2, 0.25) is 0 Å². The van der Waals surface area contributed by atoms with Gasteiger partial charge in [0.15, 0.2) is 6.61 Å². The summed E-state index contributed by atoms with van der Waals surface area (Å²) < 4.78 is 11.6. The van der Waals surface area contributed by atoms with Crippen molar-refractivity contribution in [2.24, 2.45) is 5.10 Å². The minimum Gasteiger partial charge on any atom is -0.484 e. The molecule has 0 radical (unpaired) electrons. The molecule has 6 heteroatoms. The van der Waals surface area contributed by atoms with Gasteiger partial charge < -0.3 is 9.47 Å². The first-order chi connectivity index (χ1) is 11.5. The highest BCUT2D eigenvalue weighted by Gasteiger charge is 2.34. The number of hydrogen-bond donors (Lipinski definition) is 0. The van der Waals surface area contributed by atoms with Crippen LogP contribution < -0.4 is 4.74 Å². The first-order valence-electron chi connectivity index (χ1n) is 7.73. The molecule has 0 saturated carbocycles. The lowest BCUT2D eigenvalue weighted by molar-refractivity contribution is -0.135. The van der Waals surface area contributed by atoms with Crippen LogP contribution in [0.1, 0.15) is 34.7 Å². The summed E-state index contributed by atoms with van der Waals surface area (Å²) in [6.07, 6.45) is -0.499. The van der Waals surface area contributed by atoms with Crippen LogP contribution in [0.3, 0.4) is 0 Å². The summed E-state index contributed by atoms with van der Waals surface area (Å²) in [6.45, 7) is 7.76. The van der Waals surface area contributed by atoms with Crippen molar-refractivity contribution in [3.8, 4) is 5.75 Å². The molecule has 1 aromatic heterocycles. The number of rotatable bonds is 4. The van der Waals surface area contributed by atoms with Crippen molar-refractivity contribution < 1.29 is 14.3 Å². The molecule has 1 amide bonds. The van der Waals surface area contributed by atoms with Crippen molar-refractivity contribution >= 4 is 23.1 Å². The SMILES string of the molecule is CC(=O)N1N=C(COc2ccc(C)c(C)c2)O[C@@H]1c1sccc1C. The molecule has 1 aliphatic rings. The zero-order valence-corrected chi connectivity index (χ0v) is 15.0. The molecule has 3 rings (SSSR count). The van der Waals surface area contributed by atoms with E-state index in [1.54, 1.807) is 11.3 Å². The fourth-order valence-corrected chi connectivity index (χ4v) is 3.36. The van der Waals surface area contributed by atoms with Crippen molar-refractivity contribution in [2.75, 3.05) is 6.61 Å². The summed E-state index contributed by atoms with van der Waals surface area (Å²) >= 11 is 1.55.